The molecule has 31 heavy (non-hydrogen) atoms. The number of ether oxygens (including phenoxy) is 4. The standard InChI is InChI=1S/C25H29NO5/c1-6-7-16-13-31-21-12-18-19(11-17(16)21)23-15(8-9-20(18)26-14(2)27)10-22(28-3)24(29-4)25(23)30-5/h7,10-12,20H,6,8-9,13H2,1-5H3,(H,26,27)/b16-7-/t20-/m0/s1. The number of rotatable bonds is 5. The fourth-order valence-electron chi connectivity index (χ4n) is 4.67. The number of carbonyl (C=O) groups excluding carboxylic acids is 1. The van der Waals surface area contributed by atoms with Gasteiger partial charge in [-0.05, 0) is 59.7 Å². The summed E-state index contributed by atoms with van der Waals surface area (Å²) in [6.07, 6.45) is 4.66. The van der Waals surface area contributed by atoms with E-state index in [0.29, 0.717) is 23.9 Å². The van der Waals surface area contributed by atoms with Crippen molar-refractivity contribution in [3.8, 4) is 34.1 Å². The quantitative estimate of drug-likeness (QED) is 0.756. The van der Waals surface area contributed by atoms with Crippen molar-refractivity contribution in [2.75, 3.05) is 27.9 Å². The number of methoxy groups -OCH3 is 3. The van der Waals surface area contributed by atoms with E-state index in [2.05, 4.69) is 30.4 Å². The molecule has 6 heteroatoms. The fraction of sp³-hybridized carbons (Fsp3) is 0.400. The maximum absolute atomic E-state index is 12.0. The minimum Gasteiger partial charge on any atom is -0.493 e. The molecule has 0 saturated carbocycles. The third kappa shape index (κ3) is 3.60. The average molecular weight is 424 g/mol. The van der Waals surface area contributed by atoms with Crippen LogP contribution in [0.5, 0.6) is 23.0 Å². The number of hydrogen-bond donors (Lipinski definition) is 1. The zero-order valence-corrected chi connectivity index (χ0v) is 18.8. The van der Waals surface area contributed by atoms with Gasteiger partial charge in [-0.15, -0.1) is 0 Å². The van der Waals surface area contributed by atoms with Crippen LogP contribution in [0.15, 0.2) is 24.3 Å². The number of amides is 1. The first-order chi connectivity index (χ1) is 15.0. The summed E-state index contributed by atoms with van der Waals surface area (Å²) in [7, 11) is 4.88. The third-order valence-electron chi connectivity index (χ3n) is 5.97. The maximum Gasteiger partial charge on any atom is 0.217 e. The van der Waals surface area contributed by atoms with Crippen LogP contribution in [0.1, 0.15) is 49.4 Å². The second kappa shape index (κ2) is 8.53. The normalized spacial score (nSPS) is 17.7. The Kier molecular flexibility index (Phi) is 5.81. The lowest BCUT2D eigenvalue weighted by molar-refractivity contribution is -0.119. The Morgan fingerprint density at radius 2 is 1.90 bits per heavy atom. The predicted octanol–water partition coefficient (Wildman–Crippen LogP) is 4.69. The molecule has 164 valence electrons. The molecule has 1 aliphatic carbocycles. The van der Waals surface area contributed by atoms with Gasteiger partial charge in [0.25, 0.3) is 0 Å². The Balaban J connectivity index is 2.03. The Bertz CT molecular complexity index is 1060. The summed E-state index contributed by atoms with van der Waals surface area (Å²) in [5.74, 6) is 2.64. The van der Waals surface area contributed by atoms with Crippen molar-refractivity contribution in [2.45, 2.75) is 39.2 Å². The molecule has 1 atom stereocenters. The molecular formula is C25H29NO5. The summed E-state index contributed by atoms with van der Waals surface area (Å²) >= 11 is 0. The molecule has 1 amide bonds. The highest BCUT2D eigenvalue weighted by atomic mass is 16.5. The first-order valence-corrected chi connectivity index (χ1v) is 10.6. The number of fused-ring (bicyclic) bond motifs is 4. The van der Waals surface area contributed by atoms with E-state index in [-0.39, 0.29) is 11.9 Å². The lowest BCUT2D eigenvalue weighted by Crippen LogP contribution is -2.26. The molecule has 0 fully saturated rings. The Morgan fingerprint density at radius 3 is 2.55 bits per heavy atom. The zero-order chi connectivity index (χ0) is 22.1. The number of benzene rings is 2. The van der Waals surface area contributed by atoms with Gasteiger partial charge in [-0.2, -0.15) is 0 Å². The Morgan fingerprint density at radius 1 is 1.13 bits per heavy atom. The van der Waals surface area contributed by atoms with Gasteiger partial charge in [0.05, 0.1) is 27.4 Å². The second-order valence-electron chi connectivity index (χ2n) is 7.83. The molecule has 0 saturated heterocycles. The van der Waals surface area contributed by atoms with Crippen molar-refractivity contribution in [3.05, 3.63) is 41.0 Å². The minimum absolute atomic E-state index is 0.0583. The molecule has 1 heterocycles. The van der Waals surface area contributed by atoms with Crippen LogP contribution < -0.4 is 24.3 Å². The van der Waals surface area contributed by atoms with Crippen LogP contribution in [0.3, 0.4) is 0 Å². The van der Waals surface area contributed by atoms with Crippen molar-refractivity contribution >= 4 is 11.5 Å². The van der Waals surface area contributed by atoms with Crippen molar-refractivity contribution in [1.29, 1.82) is 0 Å². The molecule has 4 rings (SSSR count). The topological polar surface area (TPSA) is 66.0 Å². The molecule has 0 aromatic heterocycles. The van der Waals surface area contributed by atoms with Gasteiger partial charge in [0, 0.05) is 18.1 Å². The first kappa shape index (κ1) is 21.1. The molecular weight excluding hydrogens is 394 g/mol. The van der Waals surface area contributed by atoms with E-state index in [9.17, 15) is 4.79 Å². The molecule has 0 unspecified atom stereocenters. The van der Waals surface area contributed by atoms with E-state index in [4.69, 9.17) is 18.9 Å². The predicted molar refractivity (Wildman–Crippen MR) is 120 cm³/mol. The van der Waals surface area contributed by atoms with Crippen LogP contribution in [-0.4, -0.2) is 33.8 Å². The van der Waals surface area contributed by atoms with Crippen molar-refractivity contribution in [3.63, 3.8) is 0 Å². The summed E-state index contributed by atoms with van der Waals surface area (Å²) in [5, 5.41) is 3.12. The SMILES string of the molecule is CC/C=C1/COc2cc3c(cc21)-c1c(cc(OC)c(OC)c1OC)CC[C@@H]3NC(C)=O. The van der Waals surface area contributed by atoms with E-state index in [1.807, 2.05) is 6.07 Å². The summed E-state index contributed by atoms with van der Waals surface area (Å²) in [5.41, 5.74) is 6.40. The molecule has 6 nitrogen and oxygen atoms in total. The highest BCUT2D eigenvalue weighted by molar-refractivity contribution is 5.88. The third-order valence-corrected chi connectivity index (χ3v) is 5.97. The van der Waals surface area contributed by atoms with Crippen LogP contribution in [0.2, 0.25) is 0 Å². The smallest absolute Gasteiger partial charge is 0.217 e. The molecule has 0 radical (unpaired) electrons. The van der Waals surface area contributed by atoms with Crippen LogP contribution in [0, 0.1) is 0 Å². The first-order valence-electron chi connectivity index (χ1n) is 10.6. The molecule has 2 aromatic rings. The van der Waals surface area contributed by atoms with Crippen molar-refractivity contribution < 1.29 is 23.7 Å². The van der Waals surface area contributed by atoms with E-state index >= 15 is 0 Å². The fourth-order valence-corrected chi connectivity index (χ4v) is 4.67. The monoisotopic (exact) mass is 423 g/mol. The van der Waals surface area contributed by atoms with Gasteiger partial charge in [-0.3, -0.25) is 4.79 Å². The molecule has 1 aliphatic heterocycles. The highest BCUT2D eigenvalue weighted by Gasteiger charge is 2.32. The largest absolute Gasteiger partial charge is 0.493 e. The van der Waals surface area contributed by atoms with Gasteiger partial charge in [0.1, 0.15) is 12.4 Å². The van der Waals surface area contributed by atoms with Crippen LogP contribution in [0.4, 0.5) is 0 Å². The lowest BCUT2D eigenvalue weighted by Gasteiger charge is -2.21. The van der Waals surface area contributed by atoms with Gasteiger partial charge in [-0.1, -0.05) is 13.0 Å². The van der Waals surface area contributed by atoms with E-state index < -0.39 is 0 Å². The Hall–Kier alpha value is -3.15. The second-order valence-corrected chi connectivity index (χ2v) is 7.83. The zero-order valence-electron chi connectivity index (χ0n) is 18.8. The van der Waals surface area contributed by atoms with Gasteiger partial charge >= 0.3 is 0 Å². The number of allylic oxidation sites excluding steroid dienone is 1. The van der Waals surface area contributed by atoms with E-state index in [1.54, 1.807) is 28.3 Å². The summed E-state index contributed by atoms with van der Waals surface area (Å²) in [6.45, 7) is 4.24. The van der Waals surface area contributed by atoms with Gasteiger partial charge in [0.15, 0.2) is 11.5 Å². The summed E-state index contributed by atoms with van der Waals surface area (Å²) in [4.78, 5) is 12.0. The maximum atomic E-state index is 12.0. The van der Waals surface area contributed by atoms with E-state index in [0.717, 1.165) is 52.8 Å². The summed E-state index contributed by atoms with van der Waals surface area (Å²) < 4.78 is 23.1. The van der Waals surface area contributed by atoms with E-state index in [1.165, 1.54) is 5.57 Å². The van der Waals surface area contributed by atoms with Gasteiger partial charge in [0.2, 0.25) is 11.7 Å². The summed E-state index contributed by atoms with van der Waals surface area (Å²) in [6, 6.07) is 6.14. The average Bonchev–Trinajstić information content (AvgIpc) is 3.09. The molecule has 1 N–H and O–H groups in total. The van der Waals surface area contributed by atoms with Crippen LogP contribution in [0.25, 0.3) is 16.7 Å². The van der Waals surface area contributed by atoms with Crippen molar-refractivity contribution in [1.82, 2.24) is 5.32 Å². The Labute approximate surface area is 183 Å². The van der Waals surface area contributed by atoms with Crippen molar-refractivity contribution in [2.24, 2.45) is 0 Å². The number of nitrogens with one attached hydrogen (secondary N) is 1. The minimum atomic E-state index is -0.130. The number of carbonyl (C=O) groups is 1. The van der Waals surface area contributed by atoms with Crippen LogP contribution in [-0.2, 0) is 11.2 Å². The van der Waals surface area contributed by atoms with Crippen LogP contribution >= 0.6 is 0 Å². The number of aryl methyl sites for hydroxylation is 1. The molecule has 0 spiro atoms. The van der Waals surface area contributed by atoms with Gasteiger partial charge in [-0.25, -0.2) is 0 Å². The lowest BCUT2D eigenvalue weighted by atomic mass is 9.90. The molecule has 2 aromatic carbocycles. The molecule has 0 bridgehead atoms. The molecule has 2 aliphatic rings. The highest BCUT2D eigenvalue weighted by Crippen LogP contribution is 2.52. The number of hydrogen-bond acceptors (Lipinski definition) is 5. The van der Waals surface area contributed by atoms with Gasteiger partial charge < -0.3 is 24.3 Å².